The zero-order chi connectivity index (χ0) is 12.3. The molecule has 1 heterocycles. The van der Waals surface area contributed by atoms with E-state index in [0.29, 0.717) is 19.1 Å². The summed E-state index contributed by atoms with van der Waals surface area (Å²) in [6, 6.07) is 0.562. The highest BCUT2D eigenvalue weighted by atomic mass is 16.5. The summed E-state index contributed by atoms with van der Waals surface area (Å²) in [5.41, 5.74) is 0. The maximum absolute atomic E-state index is 12.2. The lowest BCUT2D eigenvalue weighted by atomic mass is 10.2. The van der Waals surface area contributed by atoms with Crippen molar-refractivity contribution < 1.29 is 14.6 Å². The highest BCUT2D eigenvalue weighted by Crippen LogP contribution is 2.23. The molecule has 5 heteroatoms. The fourth-order valence-electron chi connectivity index (χ4n) is 2.42. The number of nitrogens with one attached hydrogen (secondary N) is 1. The molecule has 2 rings (SSSR count). The number of ether oxygens (including phenoxy) is 1. The number of likely N-dealkylation sites (tertiary alicyclic amines) is 1. The summed E-state index contributed by atoms with van der Waals surface area (Å²) in [6.07, 6.45) is 3.86. The third-order valence-corrected chi connectivity index (χ3v) is 3.52. The van der Waals surface area contributed by atoms with Gasteiger partial charge >= 0.3 is 0 Å². The molecule has 0 bridgehead atoms. The van der Waals surface area contributed by atoms with Crippen LogP contribution in [0.5, 0.6) is 0 Å². The summed E-state index contributed by atoms with van der Waals surface area (Å²) < 4.78 is 5.12. The number of aliphatic hydroxyl groups excluding tert-OH is 1. The molecule has 0 aromatic heterocycles. The zero-order valence-electron chi connectivity index (χ0n) is 10.4. The third kappa shape index (κ3) is 3.18. The van der Waals surface area contributed by atoms with E-state index in [4.69, 9.17) is 9.84 Å². The van der Waals surface area contributed by atoms with Gasteiger partial charge in [0, 0.05) is 26.3 Å². The highest BCUT2D eigenvalue weighted by Gasteiger charge is 2.38. The molecule has 0 aromatic rings. The van der Waals surface area contributed by atoms with Crippen LogP contribution in [-0.4, -0.2) is 60.9 Å². The van der Waals surface area contributed by atoms with Crippen molar-refractivity contribution in [3.05, 3.63) is 0 Å². The first-order valence-corrected chi connectivity index (χ1v) is 6.42. The van der Waals surface area contributed by atoms with Crippen molar-refractivity contribution in [3.63, 3.8) is 0 Å². The van der Waals surface area contributed by atoms with Gasteiger partial charge in [-0.15, -0.1) is 0 Å². The first kappa shape index (κ1) is 12.8. The minimum atomic E-state index is -0.0134. The molecule has 1 saturated heterocycles. The van der Waals surface area contributed by atoms with E-state index in [2.05, 4.69) is 5.32 Å². The number of carbonyl (C=O) groups excluding carboxylic acids is 1. The number of rotatable bonds is 7. The van der Waals surface area contributed by atoms with E-state index in [9.17, 15) is 4.79 Å². The lowest BCUT2D eigenvalue weighted by Crippen LogP contribution is -2.45. The second kappa shape index (κ2) is 5.80. The van der Waals surface area contributed by atoms with Crippen LogP contribution >= 0.6 is 0 Å². The van der Waals surface area contributed by atoms with Crippen molar-refractivity contribution in [2.45, 2.75) is 43.8 Å². The maximum atomic E-state index is 12.2. The van der Waals surface area contributed by atoms with Gasteiger partial charge in [-0.05, 0) is 25.7 Å². The molecule has 0 aromatic carbocycles. The SMILES string of the molecule is COCC(CCO)N1CCC(NC2CC2)C1=O. The Hall–Kier alpha value is -0.650. The van der Waals surface area contributed by atoms with Gasteiger partial charge in [0.25, 0.3) is 0 Å². The summed E-state index contributed by atoms with van der Waals surface area (Å²) in [6.45, 7) is 1.37. The van der Waals surface area contributed by atoms with Crippen molar-refractivity contribution in [2.24, 2.45) is 0 Å². The highest BCUT2D eigenvalue weighted by molar-refractivity contribution is 5.84. The lowest BCUT2D eigenvalue weighted by molar-refractivity contribution is -0.132. The Balaban J connectivity index is 1.88. The van der Waals surface area contributed by atoms with Gasteiger partial charge in [0.05, 0.1) is 18.7 Å². The molecule has 17 heavy (non-hydrogen) atoms. The Morgan fingerprint density at radius 2 is 2.29 bits per heavy atom. The van der Waals surface area contributed by atoms with E-state index in [1.54, 1.807) is 7.11 Å². The van der Waals surface area contributed by atoms with Gasteiger partial charge in [0.2, 0.25) is 5.91 Å². The number of aliphatic hydroxyl groups is 1. The molecule has 2 fully saturated rings. The average molecular weight is 242 g/mol. The fraction of sp³-hybridized carbons (Fsp3) is 0.917. The predicted molar refractivity (Wildman–Crippen MR) is 63.6 cm³/mol. The second-order valence-corrected chi connectivity index (χ2v) is 4.94. The van der Waals surface area contributed by atoms with Gasteiger partial charge in [-0.1, -0.05) is 0 Å². The van der Waals surface area contributed by atoms with Gasteiger partial charge in [-0.25, -0.2) is 0 Å². The molecule has 0 spiro atoms. The van der Waals surface area contributed by atoms with Crippen LogP contribution in [0.2, 0.25) is 0 Å². The Labute approximate surface area is 102 Å². The first-order valence-electron chi connectivity index (χ1n) is 6.42. The van der Waals surface area contributed by atoms with Gasteiger partial charge < -0.3 is 20.1 Å². The Morgan fingerprint density at radius 1 is 1.53 bits per heavy atom. The van der Waals surface area contributed by atoms with Crippen LogP contribution in [0.25, 0.3) is 0 Å². The number of nitrogens with zero attached hydrogens (tertiary/aromatic N) is 1. The van der Waals surface area contributed by atoms with Crippen LogP contribution in [0.1, 0.15) is 25.7 Å². The fourth-order valence-corrected chi connectivity index (χ4v) is 2.42. The monoisotopic (exact) mass is 242 g/mol. The predicted octanol–water partition coefficient (Wildman–Crippen LogP) is -0.263. The minimum absolute atomic E-state index is 0.0134. The molecule has 5 nitrogen and oxygen atoms in total. The van der Waals surface area contributed by atoms with E-state index in [1.165, 1.54) is 12.8 Å². The normalized spacial score (nSPS) is 26.6. The molecule has 2 unspecified atom stereocenters. The molecule has 1 amide bonds. The van der Waals surface area contributed by atoms with E-state index >= 15 is 0 Å². The van der Waals surface area contributed by atoms with E-state index in [0.717, 1.165) is 13.0 Å². The number of methoxy groups -OCH3 is 1. The van der Waals surface area contributed by atoms with Gasteiger partial charge in [0.1, 0.15) is 0 Å². The van der Waals surface area contributed by atoms with Crippen molar-refractivity contribution in [2.75, 3.05) is 26.9 Å². The van der Waals surface area contributed by atoms with Crippen LogP contribution in [0.4, 0.5) is 0 Å². The maximum Gasteiger partial charge on any atom is 0.240 e. The van der Waals surface area contributed by atoms with Crippen molar-refractivity contribution in [1.29, 1.82) is 0 Å². The van der Waals surface area contributed by atoms with Crippen molar-refractivity contribution >= 4 is 5.91 Å². The number of hydrogen-bond donors (Lipinski definition) is 2. The standard InChI is InChI=1S/C12H22N2O3/c1-17-8-10(5-7-15)14-6-4-11(12(14)16)13-9-2-3-9/h9-11,13,15H,2-8H2,1H3. The topological polar surface area (TPSA) is 61.8 Å². The number of amides is 1. The minimum Gasteiger partial charge on any atom is -0.396 e. The van der Waals surface area contributed by atoms with E-state index < -0.39 is 0 Å². The Bertz CT molecular complexity index is 262. The quantitative estimate of drug-likeness (QED) is 0.645. The molecule has 1 aliphatic heterocycles. The van der Waals surface area contributed by atoms with Gasteiger partial charge in [0.15, 0.2) is 0 Å². The number of hydrogen-bond acceptors (Lipinski definition) is 4. The van der Waals surface area contributed by atoms with Crippen LogP contribution in [0, 0.1) is 0 Å². The molecule has 2 atom stereocenters. The van der Waals surface area contributed by atoms with Crippen LogP contribution in [0.3, 0.4) is 0 Å². The third-order valence-electron chi connectivity index (χ3n) is 3.52. The zero-order valence-corrected chi connectivity index (χ0v) is 10.4. The van der Waals surface area contributed by atoms with Crippen molar-refractivity contribution in [1.82, 2.24) is 10.2 Å². The summed E-state index contributed by atoms with van der Waals surface area (Å²) in [7, 11) is 1.63. The van der Waals surface area contributed by atoms with E-state index in [-0.39, 0.29) is 24.6 Å². The first-order chi connectivity index (χ1) is 8.26. The average Bonchev–Trinajstić information content (AvgIpc) is 3.05. The Kier molecular flexibility index (Phi) is 4.36. The molecule has 2 N–H and O–H groups in total. The Morgan fingerprint density at radius 3 is 2.88 bits per heavy atom. The molecule has 0 radical (unpaired) electrons. The molecule has 1 aliphatic carbocycles. The largest absolute Gasteiger partial charge is 0.396 e. The molecule has 1 saturated carbocycles. The van der Waals surface area contributed by atoms with Crippen LogP contribution in [-0.2, 0) is 9.53 Å². The number of carbonyl (C=O) groups is 1. The second-order valence-electron chi connectivity index (χ2n) is 4.94. The summed E-state index contributed by atoms with van der Waals surface area (Å²) in [5, 5.41) is 12.4. The van der Waals surface area contributed by atoms with Gasteiger partial charge in [-0.2, -0.15) is 0 Å². The summed E-state index contributed by atoms with van der Waals surface area (Å²) in [5.74, 6) is 0.174. The van der Waals surface area contributed by atoms with Crippen molar-refractivity contribution in [3.8, 4) is 0 Å². The van der Waals surface area contributed by atoms with Crippen LogP contribution in [0.15, 0.2) is 0 Å². The summed E-state index contributed by atoms with van der Waals surface area (Å²) in [4.78, 5) is 14.0. The lowest BCUT2D eigenvalue weighted by Gasteiger charge is -2.27. The summed E-state index contributed by atoms with van der Waals surface area (Å²) >= 11 is 0. The van der Waals surface area contributed by atoms with Crippen LogP contribution < -0.4 is 5.32 Å². The smallest absolute Gasteiger partial charge is 0.240 e. The molecular formula is C12H22N2O3. The van der Waals surface area contributed by atoms with Gasteiger partial charge in [-0.3, -0.25) is 4.79 Å². The molecule has 98 valence electrons. The molecule has 2 aliphatic rings. The van der Waals surface area contributed by atoms with E-state index in [1.807, 2.05) is 4.90 Å². The molecular weight excluding hydrogens is 220 g/mol.